The average molecular weight is 223 g/mol. The van der Waals surface area contributed by atoms with Crippen LogP contribution in [0.1, 0.15) is 23.2 Å². The molecule has 0 atom stereocenters. The zero-order valence-corrected chi connectivity index (χ0v) is 9.17. The lowest BCUT2D eigenvalue weighted by Crippen LogP contribution is -2.64. The van der Waals surface area contributed by atoms with Gasteiger partial charge in [0.1, 0.15) is 5.60 Å². The molecule has 1 aliphatic carbocycles. The van der Waals surface area contributed by atoms with Crippen LogP contribution in [-0.2, 0) is 0 Å². The Balaban J connectivity index is 1.65. The van der Waals surface area contributed by atoms with Crippen LogP contribution in [0.15, 0.2) is 16.8 Å². The molecular formula is C11H13NO2S. The summed E-state index contributed by atoms with van der Waals surface area (Å²) in [5.74, 6) is 0.505. The highest BCUT2D eigenvalue weighted by Gasteiger charge is 2.53. The van der Waals surface area contributed by atoms with Crippen LogP contribution >= 0.6 is 11.3 Å². The lowest BCUT2D eigenvalue weighted by atomic mass is 9.88. The minimum atomic E-state index is -0.564. The molecule has 2 aliphatic rings. The quantitative estimate of drug-likeness (QED) is 0.822. The van der Waals surface area contributed by atoms with Crippen LogP contribution in [-0.4, -0.2) is 34.6 Å². The number of nitrogens with zero attached hydrogens (tertiary/aromatic N) is 1. The zero-order valence-electron chi connectivity index (χ0n) is 8.35. The maximum absolute atomic E-state index is 11.8. The summed E-state index contributed by atoms with van der Waals surface area (Å²) >= 11 is 1.53. The number of hydrogen-bond acceptors (Lipinski definition) is 3. The molecule has 3 rings (SSSR count). The summed E-state index contributed by atoms with van der Waals surface area (Å²) in [5, 5.41) is 13.8. The van der Waals surface area contributed by atoms with Crippen LogP contribution in [0, 0.1) is 5.92 Å². The molecule has 2 heterocycles. The molecule has 1 aliphatic heterocycles. The molecule has 1 N–H and O–H groups in total. The molecule has 1 saturated carbocycles. The van der Waals surface area contributed by atoms with Gasteiger partial charge in [0.15, 0.2) is 0 Å². The Morgan fingerprint density at radius 1 is 1.53 bits per heavy atom. The number of carbonyl (C=O) groups excluding carboxylic acids is 1. The van der Waals surface area contributed by atoms with E-state index in [9.17, 15) is 9.90 Å². The SMILES string of the molecule is O=C(c1ccsc1)N1CC(O)(C2CC2)C1. The topological polar surface area (TPSA) is 40.5 Å². The third-order valence-corrected chi connectivity index (χ3v) is 4.01. The molecule has 0 aromatic carbocycles. The fourth-order valence-corrected chi connectivity index (χ4v) is 2.84. The number of aliphatic hydroxyl groups is 1. The highest BCUT2D eigenvalue weighted by molar-refractivity contribution is 7.08. The first-order chi connectivity index (χ1) is 7.19. The molecule has 1 aromatic rings. The fraction of sp³-hybridized carbons (Fsp3) is 0.545. The van der Waals surface area contributed by atoms with Crippen molar-refractivity contribution < 1.29 is 9.90 Å². The van der Waals surface area contributed by atoms with Crippen LogP contribution in [0.25, 0.3) is 0 Å². The van der Waals surface area contributed by atoms with Gasteiger partial charge in [-0.05, 0) is 30.2 Å². The molecule has 1 saturated heterocycles. The summed E-state index contributed by atoms with van der Waals surface area (Å²) < 4.78 is 0. The van der Waals surface area contributed by atoms with Gasteiger partial charge in [0, 0.05) is 5.38 Å². The van der Waals surface area contributed by atoms with Crippen molar-refractivity contribution >= 4 is 17.2 Å². The minimum Gasteiger partial charge on any atom is -0.386 e. The number of amides is 1. The summed E-state index contributed by atoms with van der Waals surface area (Å²) in [6.45, 7) is 1.04. The summed E-state index contributed by atoms with van der Waals surface area (Å²) in [4.78, 5) is 13.6. The van der Waals surface area contributed by atoms with Crippen molar-refractivity contribution in [2.24, 2.45) is 5.92 Å². The van der Waals surface area contributed by atoms with Crippen LogP contribution in [0.5, 0.6) is 0 Å². The molecule has 1 amide bonds. The Hall–Kier alpha value is -0.870. The molecule has 4 heteroatoms. The highest BCUT2D eigenvalue weighted by atomic mass is 32.1. The van der Waals surface area contributed by atoms with E-state index in [1.54, 1.807) is 4.90 Å². The van der Waals surface area contributed by atoms with Gasteiger partial charge in [-0.3, -0.25) is 4.79 Å². The minimum absolute atomic E-state index is 0.0570. The van der Waals surface area contributed by atoms with Crippen molar-refractivity contribution in [2.75, 3.05) is 13.1 Å². The van der Waals surface area contributed by atoms with Gasteiger partial charge < -0.3 is 10.0 Å². The molecule has 3 nitrogen and oxygen atoms in total. The predicted molar refractivity (Wildman–Crippen MR) is 57.9 cm³/mol. The Bertz CT molecular complexity index is 377. The third kappa shape index (κ3) is 1.48. The zero-order chi connectivity index (χ0) is 10.5. The Labute approximate surface area is 92.3 Å². The van der Waals surface area contributed by atoms with Crippen molar-refractivity contribution in [3.8, 4) is 0 Å². The van der Waals surface area contributed by atoms with E-state index < -0.39 is 5.60 Å². The molecule has 0 unspecified atom stereocenters. The van der Waals surface area contributed by atoms with E-state index in [0.717, 1.165) is 18.4 Å². The first kappa shape index (κ1) is 9.36. The molecule has 2 fully saturated rings. The standard InChI is InChI=1S/C11H13NO2S/c13-10(8-3-4-15-5-8)12-6-11(14,7-12)9-1-2-9/h3-5,9,14H,1-2,6-7H2. The van der Waals surface area contributed by atoms with E-state index in [-0.39, 0.29) is 5.91 Å². The number of thiophene rings is 1. The predicted octanol–water partition coefficient (Wildman–Crippen LogP) is 1.34. The van der Waals surface area contributed by atoms with Crippen LogP contribution in [0.3, 0.4) is 0 Å². The van der Waals surface area contributed by atoms with Gasteiger partial charge in [-0.25, -0.2) is 0 Å². The molecule has 0 bridgehead atoms. The van der Waals surface area contributed by atoms with Crippen LogP contribution < -0.4 is 0 Å². The summed E-state index contributed by atoms with van der Waals surface area (Å²) in [7, 11) is 0. The van der Waals surface area contributed by atoms with Gasteiger partial charge in [0.25, 0.3) is 5.91 Å². The average Bonchev–Trinajstić information content (AvgIpc) is 2.89. The molecule has 15 heavy (non-hydrogen) atoms. The highest BCUT2D eigenvalue weighted by Crippen LogP contribution is 2.44. The lowest BCUT2D eigenvalue weighted by Gasteiger charge is -2.46. The first-order valence-corrected chi connectivity index (χ1v) is 6.17. The number of likely N-dealkylation sites (tertiary alicyclic amines) is 1. The molecule has 1 aromatic heterocycles. The van der Waals surface area contributed by atoms with Gasteiger partial charge in [-0.1, -0.05) is 0 Å². The van der Waals surface area contributed by atoms with E-state index in [1.165, 1.54) is 11.3 Å². The van der Waals surface area contributed by atoms with E-state index in [1.807, 2.05) is 16.8 Å². The maximum atomic E-state index is 11.8. The summed E-state index contributed by atoms with van der Waals surface area (Å²) in [6.07, 6.45) is 2.24. The smallest absolute Gasteiger partial charge is 0.254 e. The number of rotatable bonds is 2. The summed E-state index contributed by atoms with van der Waals surface area (Å²) in [5.41, 5.74) is 0.184. The number of hydrogen-bond donors (Lipinski definition) is 1. The van der Waals surface area contributed by atoms with Gasteiger partial charge in [-0.15, -0.1) is 0 Å². The van der Waals surface area contributed by atoms with Crippen LogP contribution in [0.2, 0.25) is 0 Å². The normalized spacial score (nSPS) is 23.7. The number of carbonyl (C=O) groups is 1. The van der Waals surface area contributed by atoms with Gasteiger partial charge in [0.2, 0.25) is 0 Å². The van der Waals surface area contributed by atoms with Crippen molar-refractivity contribution in [3.05, 3.63) is 22.4 Å². The lowest BCUT2D eigenvalue weighted by molar-refractivity contribution is -0.0957. The fourth-order valence-electron chi connectivity index (χ4n) is 2.21. The molecule has 0 radical (unpaired) electrons. The second-order valence-corrected chi connectivity index (χ2v) is 5.33. The molecule has 0 spiro atoms. The number of β-amino-alcohol motifs (C(OH)–C–C–N with tert-alkyl or cyclic N) is 1. The Kier molecular flexibility index (Phi) is 1.91. The second kappa shape index (κ2) is 3.06. The van der Waals surface area contributed by atoms with Gasteiger partial charge >= 0.3 is 0 Å². The maximum Gasteiger partial charge on any atom is 0.254 e. The Morgan fingerprint density at radius 2 is 2.27 bits per heavy atom. The first-order valence-electron chi connectivity index (χ1n) is 5.23. The van der Waals surface area contributed by atoms with E-state index >= 15 is 0 Å². The van der Waals surface area contributed by atoms with Crippen molar-refractivity contribution in [2.45, 2.75) is 18.4 Å². The van der Waals surface area contributed by atoms with Gasteiger partial charge in [0.05, 0.1) is 18.7 Å². The van der Waals surface area contributed by atoms with Crippen molar-refractivity contribution in [3.63, 3.8) is 0 Å². The van der Waals surface area contributed by atoms with E-state index in [0.29, 0.717) is 19.0 Å². The second-order valence-electron chi connectivity index (χ2n) is 4.55. The van der Waals surface area contributed by atoms with E-state index in [4.69, 9.17) is 0 Å². The third-order valence-electron chi connectivity index (χ3n) is 3.32. The largest absolute Gasteiger partial charge is 0.386 e. The monoisotopic (exact) mass is 223 g/mol. The van der Waals surface area contributed by atoms with Crippen LogP contribution in [0.4, 0.5) is 0 Å². The Morgan fingerprint density at radius 3 is 2.80 bits per heavy atom. The van der Waals surface area contributed by atoms with Gasteiger partial charge in [-0.2, -0.15) is 11.3 Å². The van der Waals surface area contributed by atoms with Crippen molar-refractivity contribution in [1.29, 1.82) is 0 Å². The molecule has 80 valence electrons. The van der Waals surface area contributed by atoms with E-state index in [2.05, 4.69) is 0 Å². The summed E-state index contributed by atoms with van der Waals surface area (Å²) in [6, 6.07) is 1.83. The van der Waals surface area contributed by atoms with Crippen molar-refractivity contribution in [1.82, 2.24) is 4.90 Å². The molecular weight excluding hydrogens is 210 g/mol.